The maximum Gasteiger partial charge on any atom is 0.287 e. The number of piperidine rings is 1. The first-order valence-corrected chi connectivity index (χ1v) is 12.7. The Morgan fingerprint density at radius 3 is 2.53 bits per heavy atom. The Labute approximate surface area is 224 Å². The Hall–Kier alpha value is -4.19. The van der Waals surface area contributed by atoms with Crippen molar-refractivity contribution in [1.29, 1.82) is 0 Å². The minimum Gasteiger partial charge on any atom is -0.339 e. The van der Waals surface area contributed by atoms with Gasteiger partial charge in [0.25, 0.3) is 11.6 Å². The molecule has 0 radical (unpaired) electrons. The molecule has 0 bridgehead atoms. The van der Waals surface area contributed by atoms with Crippen LogP contribution in [-0.4, -0.2) is 49.7 Å². The van der Waals surface area contributed by atoms with Crippen LogP contribution in [0.2, 0.25) is 0 Å². The quantitative estimate of drug-likeness (QED) is 0.255. The lowest BCUT2D eigenvalue weighted by atomic mass is 9.89. The van der Waals surface area contributed by atoms with Crippen LogP contribution in [0.1, 0.15) is 34.7 Å². The molecule has 4 aromatic rings. The molecule has 1 aliphatic rings. The topological polar surface area (TPSA) is 123 Å². The van der Waals surface area contributed by atoms with Crippen molar-refractivity contribution in [2.45, 2.75) is 25.3 Å². The summed E-state index contributed by atoms with van der Waals surface area (Å²) in [7, 11) is 0. The van der Waals surface area contributed by atoms with Gasteiger partial charge in [-0.2, -0.15) is 0 Å². The molecule has 0 saturated carbocycles. The molecule has 3 aromatic carbocycles. The van der Waals surface area contributed by atoms with Crippen LogP contribution in [0, 0.1) is 15.9 Å². The van der Waals surface area contributed by atoms with Crippen LogP contribution in [0.4, 0.5) is 15.8 Å². The highest BCUT2D eigenvalue weighted by molar-refractivity contribution is 9.10. The van der Waals surface area contributed by atoms with Crippen molar-refractivity contribution in [3.63, 3.8) is 0 Å². The first kappa shape index (κ1) is 25.5. The lowest BCUT2D eigenvalue weighted by Crippen LogP contribution is -2.38. The third kappa shape index (κ3) is 5.25. The Kier molecular flexibility index (Phi) is 7.14. The molecule has 1 fully saturated rings. The van der Waals surface area contributed by atoms with E-state index in [1.165, 1.54) is 0 Å². The lowest BCUT2D eigenvalue weighted by Gasteiger charge is -2.32. The van der Waals surface area contributed by atoms with Crippen LogP contribution in [0.3, 0.4) is 0 Å². The molecule has 5 rings (SSSR count). The second-order valence-corrected chi connectivity index (χ2v) is 9.81. The number of amides is 2. The number of para-hydroxylation sites is 1. The van der Waals surface area contributed by atoms with Crippen LogP contribution in [0.5, 0.6) is 0 Å². The Morgan fingerprint density at radius 1 is 1.11 bits per heavy atom. The third-order valence-corrected chi connectivity index (χ3v) is 7.44. The van der Waals surface area contributed by atoms with E-state index < -0.39 is 22.3 Å². The van der Waals surface area contributed by atoms with Crippen LogP contribution >= 0.6 is 15.9 Å². The second kappa shape index (κ2) is 10.7. The standard InChI is InChI=1S/C26H22BrFN6O4/c27-25-20(13-18(28)14-23(25)34(37)38)26(36)32-11-9-17(10-12-32)16-5-7-19(8-6-16)29-24(35)15-33-22-4-2-1-3-21(22)30-31-33/h1-8,13-14,17H,9-12,15H2,(H,29,35). The predicted molar refractivity (Wildman–Crippen MR) is 141 cm³/mol. The van der Waals surface area contributed by atoms with Gasteiger partial charge in [-0.25, -0.2) is 9.07 Å². The molecule has 1 N–H and O–H groups in total. The van der Waals surface area contributed by atoms with Crippen LogP contribution < -0.4 is 5.32 Å². The highest BCUT2D eigenvalue weighted by Crippen LogP contribution is 2.33. The van der Waals surface area contributed by atoms with Gasteiger partial charge in [0.1, 0.15) is 22.4 Å². The van der Waals surface area contributed by atoms with Crippen LogP contribution in [0.25, 0.3) is 11.0 Å². The number of carbonyl (C=O) groups excluding carboxylic acids is 2. The van der Waals surface area contributed by atoms with Crippen molar-refractivity contribution in [1.82, 2.24) is 19.9 Å². The molecular formula is C26H22BrFN6O4. The van der Waals surface area contributed by atoms with Gasteiger partial charge in [0, 0.05) is 18.8 Å². The van der Waals surface area contributed by atoms with E-state index >= 15 is 0 Å². The van der Waals surface area contributed by atoms with Crippen LogP contribution in [-0.2, 0) is 11.3 Å². The van der Waals surface area contributed by atoms with Gasteiger partial charge in [0.2, 0.25) is 5.91 Å². The molecule has 12 heteroatoms. The van der Waals surface area contributed by atoms with E-state index in [-0.39, 0.29) is 28.4 Å². The van der Waals surface area contributed by atoms with E-state index in [0.29, 0.717) is 31.6 Å². The predicted octanol–water partition coefficient (Wildman–Crippen LogP) is 4.90. The summed E-state index contributed by atoms with van der Waals surface area (Å²) in [4.78, 5) is 37.6. The van der Waals surface area contributed by atoms with Gasteiger partial charge in [0.05, 0.1) is 22.1 Å². The molecule has 1 aliphatic heterocycles. The van der Waals surface area contributed by atoms with Crippen LogP contribution in [0.15, 0.2) is 65.1 Å². The Bertz CT molecular complexity index is 1530. The summed E-state index contributed by atoms with van der Waals surface area (Å²) < 4.78 is 15.4. The van der Waals surface area contributed by atoms with E-state index in [1.807, 2.05) is 48.5 Å². The van der Waals surface area contributed by atoms with Gasteiger partial charge < -0.3 is 10.2 Å². The molecule has 2 amide bonds. The Morgan fingerprint density at radius 2 is 1.82 bits per heavy atom. The molecule has 0 aliphatic carbocycles. The average molecular weight is 581 g/mol. The first-order chi connectivity index (χ1) is 18.3. The van der Waals surface area contributed by atoms with E-state index in [4.69, 9.17) is 0 Å². The number of nitro groups is 1. The van der Waals surface area contributed by atoms with Crippen molar-refractivity contribution < 1.29 is 18.9 Å². The molecule has 10 nitrogen and oxygen atoms in total. The number of likely N-dealkylation sites (tertiary alicyclic amines) is 1. The summed E-state index contributed by atoms with van der Waals surface area (Å²) in [6, 6.07) is 16.8. The average Bonchev–Trinajstić information content (AvgIpc) is 3.32. The molecule has 0 spiro atoms. The van der Waals surface area contributed by atoms with Crippen molar-refractivity contribution in [2.24, 2.45) is 0 Å². The number of hydrogen-bond donors (Lipinski definition) is 1. The second-order valence-electron chi connectivity index (χ2n) is 9.02. The maximum atomic E-state index is 13.9. The summed E-state index contributed by atoms with van der Waals surface area (Å²) in [5, 5.41) is 22.1. The minimum atomic E-state index is -0.833. The molecule has 1 saturated heterocycles. The number of hydrogen-bond acceptors (Lipinski definition) is 6. The minimum absolute atomic E-state index is 0.0225. The summed E-state index contributed by atoms with van der Waals surface area (Å²) in [6.07, 6.45) is 1.37. The van der Waals surface area contributed by atoms with E-state index in [9.17, 15) is 24.1 Å². The van der Waals surface area contributed by atoms with Crippen molar-refractivity contribution >= 4 is 50.2 Å². The fraction of sp³-hybridized carbons (Fsp3) is 0.231. The number of rotatable bonds is 6. The summed E-state index contributed by atoms with van der Waals surface area (Å²) in [6.45, 7) is 0.911. The number of anilines is 1. The third-order valence-electron chi connectivity index (χ3n) is 6.61. The molecular weight excluding hydrogens is 559 g/mol. The molecule has 0 unspecified atom stereocenters. The summed E-state index contributed by atoms with van der Waals surface area (Å²) >= 11 is 3.09. The SMILES string of the molecule is O=C(Cn1nnc2ccccc21)Nc1ccc(C2CCN(C(=O)c3cc(F)cc([N+](=O)[O-])c3Br)CC2)cc1. The van der Waals surface area contributed by atoms with Gasteiger partial charge in [-0.1, -0.05) is 29.5 Å². The van der Waals surface area contributed by atoms with Gasteiger partial charge >= 0.3 is 0 Å². The smallest absolute Gasteiger partial charge is 0.287 e. The van der Waals surface area contributed by atoms with Crippen molar-refractivity contribution in [3.8, 4) is 0 Å². The number of aromatic nitrogens is 3. The number of halogens is 2. The summed E-state index contributed by atoms with van der Waals surface area (Å²) in [5.74, 6) is -1.30. The monoisotopic (exact) mass is 580 g/mol. The number of nitrogens with zero attached hydrogens (tertiary/aromatic N) is 5. The number of nitro benzene ring substituents is 1. The molecule has 38 heavy (non-hydrogen) atoms. The zero-order valence-electron chi connectivity index (χ0n) is 20.0. The van der Waals surface area contributed by atoms with E-state index in [2.05, 4.69) is 31.6 Å². The number of benzene rings is 3. The number of carbonyl (C=O) groups is 2. The molecule has 2 heterocycles. The zero-order chi connectivity index (χ0) is 26.8. The first-order valence-electron chi connectivity index (χ1n) is 11.9. The molecule has 0 atom stereocenters. The van der Waals surface area contributed by atoms with Crippen molar-refractivity contribution in [3.05, 3.63) is 92.2 Å². The Balaban J connectivity index is 1.18. The maximum absolute atomic E-state index is 13.9. The van der Waals surface area contributed by atoms with Gasteiger partial charge in [0.15, 0.2) is 0 Å². The van der Waals surface area contributed by atoms with E-state index in [0.717, 1.165) is 28.7 Å². The molecule has 194 valence electrons. The highest BCUT2D eigenvalue weighted by atomic mass is 79.9. The molecule has 1 aromatic heterocycles. The number of fused-ring (bicyclic) bond motifs is 1. The largest absolute Gasteiger partial charge is 0.339 e. The fourth-order valence-electron chi connectivity index (χ4n) is 4.66. The van der Waals surface area contributed by atoms with Gasteiger partial charge in [-0.05, 0) is 70.6 Å². The zero-order valence-corrected chi connectivity index (χ0v) is 21.6. The highest BCUT2D eigenvalue weighted by Gasteiger charge is 2.29. The summed E-state index contributed by atoms with van der Waals surface area (Å²) in [5.41, 5.74) is 2.71. The van der Waals surface area contributed by atoms with Gasteiger partial charge in [-0.15, -0.1) is 5.10 Å². The van der Waals surface area contributed by atoms with Crippen molar-refractivity contribution in [2.75, 3.05) is 18.4 Å². The van der Waals surface area contributed by atoms with E-state index in [1.54, 1.807) is 9.58 Å². The fourth-order valence-corrected chi connectivity index (χ4v) is 5.20. The lowest BCUT2D eigenvalue weighted by molar-refractivity contribution is -0.385. The van der Waals surface area contributed by atoms with Gasteiger partial charge in [-0.3, -0.25) is 19.7 Å². The normalized spacial score (nSPS) is 14.0. The number of nitrogens with one attached hydrogen (secondary N) is 1.